The molecule has 1 fully saturated rings. The summed E-state index contributed by atoms with van der Waals surface area (Å²) in [6.07, 6.45) is 26.0. The molecule has 1 atom stereocenters. The van der Waals surface area contributed by atoms with Gasteiger partial charge in [-0.05, 0) is 51.6 Å². The summed E-state index contributed by atoms with van der Waals surface area (Å²) in [5.41, 5.74) is 11.8. The Morgan fingerprint density at radius 3 is 1.62 bits per heavy atom. The zero-order valence-electron chi connectivity index (χ0n) is 17.7. The molecule has 0 heterocycles. The molecule has 3 heteroatoms. The van der Waals surface area contributed by atoms with Gasteiger partial charge < -0.3 is 16.8 Å². The molecule has 1 unspecified atom stereocenters. The zero-order chi connectivity index (χ0) is 18.7. The number of hydrogen-bond acceptors (Lipinski definition) is 3. The first-order valence-electron chi connectivity index (χ1n) is 12.0. The number of nitrogens with two attached hydrogens (primary N) is 2. The average Bonchev–Trinajstić information content (AvgIpc) is 2.65. The summed E-state index contributed by atoms with van der Waals surface area (Å²) in [5.74, 6) is 0. The second kappa shape index (κ2) is 18.3. The van der Waals surface area contributed by atoms with Gasteiger partial charge in [0.15, 0.2) is 0 Å². The van der Waals surface area contributed by atoms with Crippen LogP contribution in [0.3, 0.4) is 0 Å². The summed E-state index contributed by atoms with van der Waals surface area (Å²) >= 11 is 0. The van der Waals surface area contributed by atoms with Crippen LogP contribution in [0.1, 0.15) is 122 Å². The predicted octanol–water partition coefficient (Wildman–Crippen LogP) is 5.66. The van der Waals surface area contributed by atoms with E-state index in [1.807, 2.05) is 0 Å². The molecule has 1 saturated carbocycles. The van der Waals surface area contributed by atoms with Gasteiger partial charge in [-0.2, -0.15) is 0 Å². The van der Waals surface area contributed by atoms with Gasteiger partial charge in [0, 0.05) is 12.1 Å². The molecule has 3 nitrogen and oxygen atoms in total. The summed E-state index contributed by atoms with van der Waals surface area (Å²) < 4.78 is 0. The maximum atomic E-state index is 6.22. The summed E-state index contributed by atoms with van der Waals surface area (Å²) in [5, 5.41) is 3.86. The Hall–Kier alpha value is -0.120. The van der Waals surface area contributed by atoms with Crippen LogP contribution in [-0.2, 0) is 0 Å². The highest BCUT2D eigenvalue weighted by Gasteiger charge is 2.09. The standard InChI is InChI=1S/C23H49N3/c24-20-14-13-16-22(25)17-15-21-26-23-18-11-9-7-5-3-1-2-4-6-8-10-12-19-23/h22-23,26H,1-21,24-25H2. The molecule has 0 amide bonds. The number of rotatable bonds is 9. The predicted molar refractivity (Wildman–Crippen MR) is 117 cm³/mol. The van der Waals surface area contributed by atoms with Gasteiger partial charge in [0.25, 0.3) is 0 Å². The molecule has 0 aromatic heterocycles. The largest absolute Gasteiger partial charge is 0.330 e. The molecule has 0 aromatic carbocycles. The zero-order valence-corrected chi connectivity index (χ0v) is 17.7. The molecule has 1 aliphatic rings. The lowest BCUT2D eigenvalue weighted by molar-refractivity contribution is 0.402. The van der Waals surface area contributed by atoms with Crippen molar-refractivity contribution in [3.63, 3.8) is 0 Å². The molecule has 1 aliphatic carbocycles. The molecule has 0 radical (unpaired) electrons. The van der Waals surface area contributed by atoms with Gasteiger partial charge in [-0.1, -0.05) is 83.5 Å². The van der Waals surface area contributed by atoms with Gasteiger partial charge in [0.2, 0.25) is 0 Å². The van der Waals surface area contributed by atoms with Crippen LogP contribution in [0.15, 0.2) is 0 Å². The number of hydrogen-bond donors (Lipinski definition) is 3. The molecule has 0 spiro atoms. The monoisotopic (exact) mass is 367 g/mol. The highest BCUT2D eigenvalue weighted by molar-refractivity contribution is 4.69. The van der Waals surface area contributed by atoms with Crippen LogP contribution < -0.4 is 16.8 Å². The first kappa shape index (κ1) is 23.9. The van der Waals surface area contributed by atoms with Crippen LogP contribution in [0.25, 0.3) is 0 Å². The Bertz CT molecular complexity index is 267. The second-order valence-corrected chi connectivity index (χ2v) is 8.66. The van der Waals surface area contributed by atoms with Crippen molar-refractivity contribution in [1.29, 1.82) is 0 Å². The first-order chi connectivity index (χ1) is 12.8. The van der Waals surface area contributed by atoms with Gasteiger partial charge in [0.1, 0.15) is 0 Å². The van der Waals surface area contributed by atoms with E-state index < -0.39 is 0 Å². The third kappa shape index (κ3) is 15.0. The molecule has 0 aromatic rings. The van der Waals surface area contributed by atoms with Crippen LogP contribution in [0.5, 0.6) is 0 Å². The second-order valence-electron chi connectivity index (χ2n) is 8.66. The fraction of sp³-hybridized carbons (Fsp3) is 1.00. The van der Waals surface area contributed by atoms with E-state index in [-0.39, 0.29) is 0 Å². The van der Waals surface area contributed by atoms with E-state index in [1.54, 1.807) is 0 Å². The SMILES string of the molecule is NCCCCC(N)CCCNC1CCCCCCCCCCCCCC1. The normalized spacial score (nSPS) is 21.0. The van der Waals surface area contributed by atoms with E-state index in [4.69, 9.17) is 11.5 Å². The maximum absolute atomic E-state index is 6.22. The third-order valence-corrected chi connectivity index (χ3v) is 6.07. The van der Waals surface area contributed by atoms with Crippen molar-refractivity contribution in [2.45, 2.75) is 134 Å². The van der Waals surface area contributed by atoms with Crippen molar-refractivity contribution in [3.8, 4) is 0 Å². The minimum Gasteiger partial charge on any atom is -0.330 e. The van der Waals surface area contributed by atoms with Gasteiger partial charge in [0.05, 0.1) is 0 Å². The lowest BCUT2D eigenvalue weighted by Crippen LogP contribution is -2.31. The summed E-state index contributed by atoms with van der Waals surface area (Å²) in [7, 11) is 0. The molecular formula is C23H49N3. The van der Waals surface area contributed by atoms with Crippen molar-refractivity contribution >= 4 is 0 Å². The summed E-state index contributed by atoms with van der Waals surface area (Å²) in [6.45, 7) is 1.95. The molecule has 156 valence electrons. The molecule has 0 aliphatic heterocycles. The molecule has 0 saturated heterocycles. The van der Waals surface area contributed by atoms with E-state index >= 15 is 0 Å². The quantitative estimate of drug-likeness (QED) is 0.461. The van der Waals surface area contributed by atoms with Crippen LogP contribution in [-0.4, -0.2) is 25.2 Å². The number of unbranched alkanes of at least 4 members (excludes halogenated alkanes) is 1. The fourth-order valence-corrected chi connectivity index (χ4v) is 4.26. The highest BCUT2D eigenvalue weighted by atomic mass is 14.9. The minimum atomic E-state index is 0.372. The van der Waals surface area contributed by atoms with Gasteiger partial charge in [-0.25, -0.2) is 0 Å². The van der Waals surface area contributed by atoms with E-state index in [0.29, 0.717) is 6.04 Å². The molecule has 5 N–H and O–H groups in total. The lowest BCUT2D eigenvalue weighted by atomic mass is 10.00. The minimum absolute atomic E-state index is 0.372. The topological polar surface area (TPSA) is 64.1 Å². The van der Waals surface area contributed by atoms with Gasteiger partial charge in [-0.3, -0.25) is 0 Å². The van der Waals surface area contributed by atoms with Crippen molar-refractivity contribution in [3.05, 3.63) is 0 Å². The number of nitrogens with one attached hydrogen (secondary N) is 1. The lowest BCUT2D eigenvalue weighted by Gasteiger charge is -2.20. The van der Waals surface area contributed by atoms with Gasteiger partial charge >= 0.3 is 0 Å². The van der Waals surface area contributed by atoms with Crippen molar-refractivity contribution in [2.75, 3.05) is 13.1 Å². The summed E-state index contributed by atoms with van der Waals surface area (Å²) in [4.78, 5) is 0. The van der Waals surface area contributed by atoms with Crippen molar-refractivity contribution in [2.24, 2.45) is 11.5 Å². The first-order valence-corrected chi connectivity index (χ1v) is 12.0. The molecule has 1 rings (SSSR count). The maximum Gasteiger partial charge on any atom is 0.00670 e. The highest BCUT2D eigenvalue weighted by Crippen LogP contribution is 2.17. The van der Waals surface area contributed by atoms with E-state index in [9.17, 15) is 0 Å². The Balaban J connectivity index is 2.16. The molecule has 26 heavy (non-hydrogen) atoms. The molecular weight excluding hydrogens is 318 g/mol. The van der Waals surface area contributed by atoms with E-state index in [1.165, 1.54) is 103 Å². The Morgan fingerprint density at radius 2 is 1.12 bits per heavy atom. The third-order valence-electron chi connectivity index (χ3n) is 6.07. The van der Waals surface area contributed by atoms with Crippen molar-refractivity contribution in [1.82, 2.24) is 5.32 Å². The van der Waals surface area contributed by atoms with E-state index in [2.05, 4.69) is 5.32 Å². The summed E-state index contributed by atoms with van der Waals surface area (Å²) in [6, 6.07) is 1.12. The van der Waals surface area contributed by atoms with Crippen molar-refractivity contribution < 1.29 is 0 Å². The Morgan fingerprint density at radius 1 is 0.654 bits per heavy atom. The van der Waals surface area contributed by atoms with Gasteiger partial charge in [-0.15, -0.1) is 0 Å². The van der Waals surface area contributed by atoms with Crippen LogP contribution in [0.4, 0.5) is 0 Å². The average molecular weight is 368 g/mol. The van der Waals surface area contributed by atoms with E-state index in [0.717, 1.165) is 38.4 Å². The Labute approximate surface area is 164 Å². The fourth-order valence-electron chi connectivity index (χ4n) is 4.26. The van der Waals surface area contributed by atoms with Crippen LogP contribution in [0, 0.1) is 0 Å². The van der Waals surface area contributed by atoms with Crippen LogP contribution >= 0.6 is 0 Å². The van der Waals surface area contributed by atoms with Crippen LogP contribution in [0.2, 0.25) is 0 Å². The Kier molecular flexibility index (Phi) is 16.8. The smallest absolute Gasteiger partial charge is 0.00670 e. The molecule has 0 bridgehead atoms.